The summed E-state index contributed by atoms with van der Waals surface area (Å²) in [5.74, 6) is 5.11. The maximum atomic E-state index is 11.2. The summed E-state index contributed by atoms with van der Waals surface area (Å²) in [5.41, 5.74) is 0.743. The van der Waals surface area contributed by atoms with Gasteiger partial charge in [-0.3, -0.25) is 0 Å². The normalized spacial score (nSPS) is 8.71. The third-order valence-corrected chi connectivity index (χ3v) is 1.61. The highest BCUT2D eigenvalue weighted by molar-refractivity contribution is 6.19. The van der Waals surface area contributed by atoms with Gasteiger partial charge < -0.3 is 4.74 Å². The Hall–Kier alpha value is -1.53. The number of hydrogen-bond acceptors (Lipinski definition) is 3. The summed E-state index contributed by atoms with van der Waals surface area (Å²) >= 11 is 5.41. The average Bonchev–Trinajstić information content (AvgIpc) is 2.25. The van der Waals surface area contributed by atoms with Gasteiger partial charge in [-0.15, -0.1) is 11.6 Å². The SMILES string of the molecule is COC(=O)c1ncccc1C#CCCl. The lowest BCUT2D eigenvalue weighted by molar-refractivity contribution is 0.0593. The van der Waals surface area contributed by atoms with E-state index in [1.165, 1.54) is 13.3 Å². The fourth-order valence-corrected chi connectivity index (χ4v) is 0.961. The molecule has 0 bridgehead atoms. The molecule has 0 unspecified atom stereocenters. The first kappa shape index (κ1) is 10.6. The molecule has 0 spiro atoms. The van der Waals surface area contributed by atoms with Crippen LogP contribution in [0.3, 0.4) is 0 Å². The lowest BCUT2D eigenvalue weighted by Gasteiger charge is -1.99. The molecule has 14 heavy (non-hydrogen) atoms. The van der Waals surface area contributed by atoms with Crippen molar-refractivity contribution in [2.75, 3.05) is 13.0 Å². The Balaban J connectivity index is 3.09. The molecule has 0 saturated heterocycles. The highest BCUT2D eigenvalue weighted by atomic mass is 35.5. The number of halogens is 1. The number of alkyl halides is 1. The van der Waals surface area contributed by atoms with Gasteiger partial charge in [-0.2, -0.15) is 0 Å². The van der Waals surface area contributed by atoms with Gasteiger partial charge >= 0.3 is 5.97 Å². The van der Waals surface area contributed by atoms with Gasteiger partial charge in [-0.1, -0.05) is 11.8 Å². The van der Waals surface area contributed by atoms with Crippen LogP contribution in [-0.2, 0) is 4.74 Å². The topological polar surface area (TPSA) is 39.2 Å². The van der Waals surface area contributed by atoms with Gasteiger partial charge in [-0.05, 0) is 12.1 Å². The molecule has 0 fully saturated rings. The maximum Gasteiger partial charge on any atom is 0.357 e. The molecule has 0 amide bonds. The van der Waals surface area contributed by atoms with E-state index >= 15 is 0 Å². The zero-order chi connectivity index (χ0) is 10.4. The van der Waals surface area contributed by atoms with E-state index in [4.69, 9.17) is 11.6 Å². The molecule has 0 saturated carbocycles. The van der Waals surface area contributed by atoms with E-state index in [9.17, 15) is 4.79 Å². The molecule has 72 valence electrons. The Morgan fingerprint density at radius 3 is 3.14 bits per heavy atom. The molecule has 1 heterocycles. The monoisotopic (exact) mass is 209 g/mol. The lowest BCUT2D eigenvalue weighted by atomic mass is 10.2. The van der Waals surface area contributed by atoms with Crippen LogP contribution in [0.5, 0.6) is 0 Å². The van der Waals surface area contributed by atoms with E-state index in [0.717, 1.165) is 0 Å². The van der Waals surface area contributed by atoms with E-state index in [2.05, 4.69) is 21.6 Å². The number of hydrogen-bond donors (Lipinski definition) is 0. The van der Waals surface area contributed by atoms with E-state index in [1.807, 2.05) is 0 Å². The van der Waals surface area contributed by atoms with Crippen LogP contribution in [0.1, 0.15) is 16.1 Å². The number of carbonyl (C=O) groups excluding carboxylic acids is 1. The fraction of sp³-hybridized carbons (Fsp3) is 0.200. The predicted molar refractivity (Wildman–Crippen MR) is 53.2 cm³/mol. The largest absolute Gasteiger partial charge is 0.464 e. The minimum atomic E-state index is -0.496. The van der Waals surface area contributed by atoms with Crippen LogP contribution in [0.2, 0.25) is 0 Å². The van der Waals surface area contributed by atoms with Crippen molar-refractivity contribution >= 4 is 17.6 Å². The number of ether oxygens (including phenoxy) is 1. The molecule has 0 radical (unpaired) electrons. The Morgan fingerprint density at radius 1 is 1.71 bits per heavy atom. The molecule has 1 rings (SSSR count). The number of rotatable bonds is 1. The van der Waals surface area contributed by atoms with Crippen molar-refractivity contribution < 1.29 is 9.53 Å². The van der Waals surface area contributed by atoms with Gasteiger partial charge in [0.25, 0.3) is 0 Å². The first-order valence-corrected chi connectivity index (χ1v) is 4.41. The first-order valence-electron chi connectivity index (χ1n) is 3.87. The van der Waals surface area contributed by atoms with Crippen LogP contribution < -0.4 is 0 Å². The van der Waals surface area contributed by atoms with E-state index in [1.54, 1.807) is 12.1 Å². The molecule has 4 heteroatoms. The zero-order valence-corrected chi connectivity index (χ0v) is 8.34. The van der Waals surface area contributed by atoms with Crippen LogP contribution in [0.15, 0.2) is 18.3 Å². The Bertz CT molecular complexity index is 393. The van der Waals surface area contributed by atoms with Crippen molar-refractivity contribution in [1.29, 1.82) is 0 Å². The number of aromatic nitrogens is 1. The summed E-state index contributed by atoms with van der Waals surface area (Å²) in [6.07, 6.45) is 1.51. The van der Waals surface area contributed by atoms with Crippen LogP contribution in [-0.4, -0.2) is 23.9 Å². The van der Waals surface area contributed by atoms with Crippen LogP contribution in [0.4, 0.5) is 0 Å². The molecule has 0 atom stereocenters. The average molecular weight is 210 g/mol. The Labute approximate surface area is 87.1 Å². The van der Waals surface area contributed by atoms with Crippen molar-refractivity contribution in [2.45, 2.75) is 0 Å². The first-order chi connectivity index (χ1) is 6.79. The number of pyridine rings is 1. The quantitative estimate of drug-likeness (QED) is 0.399. The number of nitrogens with zero attached hydrogens (tertiary/aromatic N) is 1. The van der Waals surface area contributed by atoms with Gasteiger partial charge in [-0.25, -0.2) is 9.78 Å². The maximum absolute atomic E-state index is 11.2. The second kappa shape index (κ2) is 5.25. The Kier molecular flexibility index (Phi) is 3.96. The van der Waals surface area contributed by atoms with E-state index in [0.29, 0.717) is 5.56 Å². The minimum absolute atomic E-state index is 0.215. The van der Waals surface area contributed by atoms with Crippen LogP contribution >= 0.6 is 11.6 Å². The number of esters is 1. The highest BCUT2D eigenvalue weighted by Gasteiger charge is 2.10. The molecular weight excluding hydrogens is 202 g/mol. The van der Waals surface area contributed by atoms with Crippen LogP contribution in [0, 0.1) is 11.8 Å². The fourth-order valence-electron chi connectivity index (χ4n) is 0.894. The molecule has 1 aromatic heterocycles. The summed E-state index contributed by atoms with van der Waals surface area (Å²) in [6.45, 7) is 0. The summed E-state index contributed by atoms with van der Waals surface area (Å²) in [4.78, 5) is 15.1. The van der Waals surface area contributed by atoms with Crippen molar-refractivity contribution in [3.05, 3.63) is 29.6 Å². The highest BCUT2D eigenvalue weighted by Crippen LogP contribution is 2.04. The lowest BCUT2D eigenvalue weighted by Crippen LogP contribution is -2.06. The number of carbonyl (C=O) groups is 1. The smallest absolute Gasteiger partial charge is 0.357 e. The van der Waals surface area contributed by atoms with Crippen molar-refractivity contribution in [1.82, 2.24) is 4.98 Å². The van der Waals surface area contributed by atoms with Crippen molar-refractivity contribution in [3.63, 3.8) is 0 Å². The van der Waals surface area contributed by atoms with E-state index in [-0.39, 0.29) is 11.6 Å². The molecule has 1 aromatic rings. The third-order valence-electron chi connectivity index (χ3n) is 1.48. The molecule has 0 aliphatic heterocycles. The summed E-state index contributed by atoms with van der Waals surface area (Å²) in [7, 11) is 1.30. The molecule has 0 aliphatic carbocycles. The summed E-state index contributed by atoms with van der Waals surface area (Å²) in [6, 6.07) is 3.39. The van der Waals surface area contributed by atoms with Gasteiger partial charge in [0.05, 0.1) is 18.6 Å². The van der Waals surface area contributed by atoms with Crippen LogP contribution in [0.25, 0.3) is 0 Å². The van der Waals surface area contributed by atoms with Gasteiger partial charge in [0.1, 0.15) is 0 Å². The molecule has 0 aromatic carbocycles. The standard InChI is InChI=1S/C10H8ClNO2/c1-14-10(13)9-8(4-2-6-11)5-3-7-12-9/h3,5,7H,6H2,1H3. The minimum Gasteiger partial charge on any atom is -0.464 e. The predicted octanol–water partition coefficient (Wildman–Crippen LogP) is 1.46. The third kappa shape index (κ3) is 2.48. The molecule has 3 nitrogen and oxygen atoms in total. The summed E-state index contributed by atoms with van der Waals surface area (Å²) < 4.78 is 4.55. The zero-order valence-electron chi connectivity index (χ0n) is 7.58. The second-order valence-corrected chi connectivity index (χ2v) is 2.59. The van der Waals surface area contributed by atoms with E-state index < -0.39 is 5.97 Å². The molecule has 0 N–H and O–H groups in total. The second-order valence-electron chi connectivity index (χ2n) is 2.33. The van der Waals surface area contributed by atoms with Gasteiger partial charge in [0, 0.05) is 6.20 Å². The van der Waals surface area contributed by atoms with Crippen molar-refractivity contribution in [2.24, 2.45) is 0 Å². The number of methoxy groups -OCH3 is 1. The van der Waals surface area contributed by atoms with Gasteiger partial charge in [0.2, 0.25) is 0 Å². The molecule has 0 aliphatic rings. The summed E-state index contributed by atoms with van der Waals surface area (Å²) in [5, 5.41) is 0. The molecular formula is C10H8ClNO2. The van der Waals surface area contributed by atoms with Gasteiger partial charge in [0.15, 0.2) is 5.69 Å². The Morgan fingerprint density at radius 2 is 2.50 bits per heavy atom. The van der Waals surface area contributed by atoms with Crippen molar-refractivity contribution in [3.8, 4) is 11.8 Å².